The molecule has 0 amide bonds. The zero-order valence-corrected chi connectivity index (χ0v) is 16.6. The van der Waals surface area contributed by atoms with E-state index in [0.717, 1.165) is 6.08 Å². The molecular formula is C18H18Cl2N2O6. The average Bonchev–Trinajstić information content (AvgIpc) is 2.66. The highest BCUT2D eigenvalue weighted by molar-refractivity contribution is 6.30. The van der Waals surface area contributed by atoms with Gasteiger partial charge in [-0.1, -0.05) is 23.2 Å². The number of hydrogen-bond donors (Lipinski definition) is 2. The molecule has 0 saturated carbocycles. The highest BCUT2D eigenvalue weighted by Gasteiger charge is 2.07. The third-order valence-corrected chi connectivity index (χ3v) is 3.56. The van der Waals surface area contributed by atoms with Crippen molar-refractivity contribution in [2.75, 3.05) is 14.2 Å². The molecule has 0 aliphatic rings. The summed E-state index contributed by atoms with van der Waals surface area (Å²) in [5.41, 5.74) is 0.708. The Kier molecular flexibility index (Phi) is 9.76. The first-order chi connectivity index (χ1) is 13.3. The van der Waals surface area contributed by atoms with E-state index in [1.165, 1.54) is 44.8 Å². The summed E-state index contributed by atoms with van der Waals surface area (Å²) in [5, 5.41) is 19.4. The second-order valence-electron chi connectivity index (χ2n) is 5.11. The molecule has 2 aromatic rings. The lowest BCUT2D eigenvalue weighted by molar-refractivity contribution is -0.140. The highest BCUT2D eigenvalue weighted by atomic mass is 35.5. The van der Waals surface area contributed by atoms with E-state index < -0.39 is 5.97 Å². The number of pyridine rings is 2. The van der Waals surface area contributed by atoms with Crippen LogP contribution in [0.25, 0.3) is 6.08 Å². The van der Waals surface area contributed by atoms with Gasteiger partial charge in [-0.2, -0.15) is 0 Å². The monoisotopic (exact) mass is 428 g/mol. The van der Waals surface area contributed by atoms with Crippen LogP contribution in [0.1, 0.15) is 17.8 Å². The maximum absolute atomic E-state index is 10.8. The molecule has 0 bridgehead atoms. The van der Waals surface area contributed by atoms with E-state index in [0.29, 0.717) is 22.2 Å². The van der Waals surface area contributed by atoms with Crippen molar-refractivity contribution in [3.05, 3.63) is 52.0 Å². The fraction of sp³-hybridized carbons (Fsp3) is 0.222. The van der Waals surface area contributed by atoms with Gasteiger partial charge < -0.3 is 19.7 Å². The topological polar surface area (TPSA) is 119 Å². The molecule has 0 saturated heterocycles. The van der Waals surface area contributed by atoms with Gasteiger partial charge in [-0.15, -0.1) is 0 Å². The van der Waals surface area contributed by atoms with Gasteiger partial charge >= 0.3 is 11.9 Å². The zero-order valence-electron chi connectivity index (χ0n) is 15.1. The molecule has 2 aromatic heterocycles. The van der Waals surface area contributed by atoms with E-state index in [9.17, 15) is 19.8 Å². The van der Waals surface area contributed by atoms with Crippen LogP contribution in [-0.2, 0) is 25.5 Å². The van der Waals surface area contributed by atoms with Crippen molar-refractivity contribution in [1.29, 1.82) is 0 Å². The van der Waals surface area contributed by atoms with E-state index >= 15 is 0 Å². The van der Waals surface area contributed by atoms with Gasteiger partial charge in [-0.25, -0.2) is 4.79 Å². The molecule has 0 radical (unpaired) electrons. The minimum Gasteiger partial charge on any atom is -0.506 e. The molecule has 2 N–H and O–H groups in total. The first-order valence-electron chi connectivity index (χ1n) is 7.77. The smallest absolute Gasteiger partial charge is 0.330 e. The lowest BCUT2D eigenvalue weighted by Crippen LogP contribution is -2.03. The summed E-state index contributed by atoms with van der Waals surface area (Å²) in [6.07, 6.45) is 5.84. The summed E-state index contributed by atoms with van der Waals surface area (Å²) in [6, 6.07) is 2.73. The van der Waals surface area contributed by atoms with Gasteiger partial charge in [0.25, 0.3) is 0 Å². The third-order valence-electron chi connectivity index (χ3n) is 3.15. The van der Waals surface area contributed by atoms with Crippen molar-refractivity contribution in [1.82, 2.24) is 9.97 Å². The summed E-state index contributed by atoms with van der Waals surface area (Å²) < 4.78 is 8.84. The van der Waals surface area contributed by atoms with E-state index in [-0.39, 0.29) is 29.6 Å². The maximum Gasteiger partial charge on any atom is 0.330 e. The lowest BCUT2D eigenvalue weighted by atomic mass is 10.2. The van der Waals surface area contributed by atoms with Gasteiger partial charge in [0.1, 0.15) is 17.2 Å². The van der Waals surface area contributed by atoms with E-state index in [1.807, 2.05) is 0 Å². The Morgan fingerprint density at radius 3 is 2.18 bits per heavy atom. The van der Waals surface area contributed by atoms with E-state index in [1.54, 1.807) is 0 Å². The Labute approximate surface area is 171 Å². The number of carbonyl (C=O) groups excluding carboxylic acids is 2. The standard InChI is InChI=1S/C9H10ClNO3.C9H8ClNO3/c2*1-14-9(13)3-2-7-8(12)4-6(10)5-11-7/h4-5,12H,2-3H2,1H3;2-5,12H,1H3/b;3-2+. The first-order valence-corrected chi connectivity index (χ1v) is 8.53. The molecule has 2 heterocycles. The van der Waals surface area contributed by atoms with Crippen LogP contribution in [-0.4, -0.2) is 46.3 Å². The van der Waals surface area contributed by atoms with Crippen LogP contribution in [0.15, 0.2) is 30.6 Å². The van der Waals surface area contributed by atoms with Crippen molar-refractivity contribution in [2.24, 2.45) is 0 Å². The number of ether oxygens (including phenoxy) is 2. The number of aromatic nitrogens is 2. The van der Waals surface area contributed by atoms with Crippen LogP contribution in [0.2, 0.25) is 10.0 Å². The average molecular weight is 429 g/mol. The highest BCUT2D eigenvalue weighted by Crippen LogP contribution is 2.21. The van der Waals surface area contributed by atoms with Gasteiger partial charge in [0.05, 0.1) is 36.4 Å². The van der Waals surface area contributed by atoms with Gasteiger partial charge in [0.2, 0.25) is 0 Å². The molecule has 0 aliphatic heterocycles. The Balaban J connectivity index is 0.000000280. The Morgan fingerprint density at radius 1 is 1.04 bits per heavy atom. The number of aryl methyl sites for hydroxylation is 1. The molecule has 0 spiro atoms. The number of rotatable bonds is 5. The SMILES string of the molecule is COC(=O)/C=C/c1ncc(Cl)cc1O.COC(=O)CCc1ncc(Cl)cc1O. The number of methoxy groups -OCH3 is 2. The van der Waals surface area contributed by atoms with E-state index in [2.05, 4.69) is 19.4 Å². The van der Waals surface area contributed by atoms with Crippen molar-refractivity contribution in [3.63, 3.8) is 0 Å². The van der Waals surface area contributed by atoms with Gasteiger partial charge in [-0.05, 0) is 6.08 Å². The van der Waals surface area contributed by atoms with Crippen LogP contribution >= 0.6 is 23.2 Å². The molecule has 8 nitrogen and oxygen atoms in total. The number of halogens is 2. The summed E-state index contributed by atoms with van der Waals surface area (Å²) in [7, 11) is 2.58. The minimum atomic E-state index is -0.513. The van der Waals surface area contributed by atoms with Crippen LogP contribution in [0, 0.1) is 0 Å². The Morgan fingerprint density at radius 2 is 1.64 bits per heavy atom. The summed E-state index contributed by atoms with van der Waals surface area (Å²) >= 11 is 11.2. The second-order valence-corrected chi connectivity index (χ2v) is 5.98. The number of aromatic hydroxyl groups is 2. The van der Waals surface area contributed by atoms with Crippen LogP contribution in [0.4, 0.5) is 0 Å². The normalized spacial score (nSPS) is 10.1. The Hall–Kier alpha value is -2.84. The van der Waals surface area contributed by atoms with Crippen molar-refractivity contribution in [3.8, 4) is 11.5 Å². The van der Waals surface area contributed by atoms with Gasteiger partial charge in [-0.3, -0.25) is 14.8 Å². The molecule has 0 aliphatic carbocycles. The predicted octanol–water partition coefficient (Wildman–Crippen LogP) is 3.17. The first kappa shape index (κ1) is 23.2. The van der Waals surface area contributed by atoms with Crippen molar-refractivity contribution < 1.29 is 29.3 Å². The Bertz CT molecular complexity index is 858. The number of hydrogen-bond acceptors (Lipinski definition) is 8. The van der Waals surface area contributed by atoms with E-state index in [4.69, 9.17) is 23.2 Å². The molecular weight excluding hydrogens is 411 g/mol. The predicted molar refractivity (Wildman–Crippen MR) is 103 cm³/mol. The molecule has 0 aromatic carbocycles. The van der Waals surface area contributed by atoms with Crippen molar-refractivity contribution in [2.45, 2.75) is 12.8 Å². The number of carbonyl (C=O) groups is 2. The van der Waals surface area contributed by atoms with Gasteiger partial charge in [0.15, 0.2) is 0 Å². The van der Waals surface area contributed by atoms with Crippen LogP contribution < -0.4 is 0 Å². The summed E-state index contributed by atoms with van der Waals surface area (Å²) in [4.78, 5) is 29.2. The molecule has 150 valence electrons. The van der Waals surface area contributed by atoms with Crippen LogP contribution in [0.3, 0.4) is 0 Å². The summed E-state index contributed by atoms with van der Waals surface area (Å²) in [5.74, 6) is -0.929. The summed E-state index contributed by atoms with van der Waals surface area (Å²) in [6.45, 7) is 0. The van der Waals surface area contributed by atoms with Gasteiger partial charge in [0, 0.05) is 37.0 Å². The zero-order chi connectivity index (χ0) is 21.1. The molecule has 2 rings (SSSR count). The maximum atomic E-state index is 10.8. The second kappa shape index (κ2) is 11.8. The molecule has 0 atom stereocenters. The lowest BCUT2D eigenvalue weighted by Gasteiger charge is -2.02. The number of esters is 2. The molecule has 10 heteroatoms. The van der Waals surface area contributed by atoms with Crippen molar-refractivity contribution >= 4 is 41.2 Å². The molecule has 28 heavy (non-hydrogen) atoms. The molecule has 0 fully saturated rings. The third kappa shape index (κ3) is 8.24. The number of nitrogens with zero attached hydrogens (tertiary/aromatic N) is 2. The quantitative estimate of drug-likeness (QED) is 0.550. The van der Waals surface area contributed by atoms with Crippen LogP contribution in [0.5, 0.6) is 11.5 Å². The minimum absolute atomic E-state index is 0.00130. The largest absolute Gasteiger partial charge is 0.506 e. The fourth-order valence-corrected chi connectivity index (χ4v) is 2.06. The fourth-order valence-electron chi connectivity index (χ4n) is 1.75. The molecule has 0 unspecified atom stereocenters.